The Balaban J connectivity index is 2.01. The molecule has 0 amide bonds. The summed E-state index contributed by atoms with van der Waals surface area (Å²) in [6.07, 6.45) is 1.04. The molecule has 2 N–H and O–H groups in total. The zero-order valence-electron chi connectivity index (χ0n) is 12.3. The normalized spacial score (nSPS) is 10.9. The molecule has 0 aliphatic rings. The SMILES string of the molecule is Cc1ccc(CN(CCCN)Cc2ccccc2)cc1. The lowest BCUT2D eigenvalue weighted by Gasteiger charge is -2.22. The van der Waals surface area contributed by atoms with Crippen LogP contribution < -0.4 is 5.73 Å². The Hall–Kier alpha value is -1.64. The highest BCUT2D eigenvalue weighted by atomic mass is 15.1. The van der Waals surface area contributed by atoms with Gasteiger partial charge in [0.15, 0.2) is 0 Å². The molecule has 2 aromatic rings. The Morgan fingerprint density at radius 3 is 2.05 bits per heavy atom. The summed E-state index contributed by atoms with van der Waals surface area (Å²) in [4.78, 5) is 2.47. The van der Waals surface area contributed by atoms with E-state index in [9.17, 15) is 0 Å². The van der Waals surface area contributed by atoms with Gasteiger partial charge < -0.3 is 5.73 Å². The van der Waals surface area contributed by atoms with Gasteiger partial charge in [-0.3, -0.25) is 4.90 Å². The topological polar surface area (TPSA) is 29.3 Å². The number of hydrogen-bond donors (Lipinski definition) is 1. The molecule has 0 heterocycles. The molecule has 0 aromatic heterocycles. The third kappa shape index (κ3) is 4.80. The van der Waals surface area contributed by atoms with Crippen molar-refractivity contribution in [2.24, 2.45) is 5.73 Å². The second-order valence-corrected chi connectivity index (χ2v) is 5.32. The number of benzene rings is 2. The molecule has 0 fully saturated rings. The highest BCUT2D eigenvalue weighted by molar-refractivity contribution is 5.21. The van der Waals surface area contributed by atoms with E-state index < -0.39 is 0 Å². The third-order valence-electron chi connectivity index (χ3n) is 3.45. The minimum Gasteiger partial charge on any atom is -0.330 e. The van der Waals surface area contributed by atoms with E-state index in [1.165, 1.54) is 16.7 Å². The van der Waals surface area contributed by atoms with Crippen LogP contribution in [0.25, 0.3) is 0 Å². The average Bonchev–Trinajstić information content (AvgIpc) is 2.48. The minimum absolute atomic E-state index is 0.749. The molecule has 0 bridgehead atoms. The molecule has 0 aliphatic heterocycles. The fourth-order valence-corrected chi connectivity index (χ4v) is 2.32. The van der Waals surface area contributed by atoms with E-state index in [2.05, 4.69) is 66.4 Å². The number of nitrogens with zero attached hydrogens (tertiary/aromatic N) is 1. The van der Waals surface area contributed by atoms with Crippen molar-refractivity contribution in [2.75, 3.05) is 13.1 Å². The van der Waals surface area contributed by atoms with E-state index in [0.717, 1.165) is 32.6 Å². The van der Waals surface area contributed by atoms with Gasteiger partial charge in [-0.1, -0.05) is 60.2 Å². The molecular formula is C18H24N2. The van der Waals surface area contributed by atoms with Crippen molar-refractivity contribution in [1.82, 2.24) is 4.90 Å². The van der Waals surface area contributed by atoms with Crippen LogP contribution in [-0.4, -0.2) is 18.0 Å². The van der Waals surface area contributed by atoms with E-state index in [1.54, 1.807) is 0 Å². The van der Waals surface area contributed by atoms with Gasteiger partial charge >= 0.3 is 0 Å². The molecule has 0 aliphatic carbocycles. The molecule has 0 unspecified atom stereocenters. The molecule has 106 valence electrons. The van der Waals surface area contributed by atoms with E-state index in [0.29, 0.717) is 0 Å². The molecule has 2 aromatic carbocycles. The van der Waals surface area contributed by atoms with Gasteiger partial charge in [-0.05, 0) is 31.0 Å². The maximum absolute atomic E-state index is 5.66. The maximum atomic E-state index is 5.66. The van der Waals surface area contributed by atoms with Crippen LogP contribution in [0.1, 0.15) is 23.1 Å². The van der Waals surface area contributed by atoms with Crippen LogP contribution in [-0.2, 0) is 13.1 Å². The van der Waals surface area contributed by atoms with Gasteiger partial charge in [-0.25, -0.2) is 0 Å². The van der Waals surface area contributed by atoms with E-state index in [4.69, 9.17) is 5.73 Å². The Bertz CT molecular complexity index is 491. The first-order valence-electron chi connectivity index (χ1n) is 7.30. The number of rotatable bonds is 7. The van der Waals surface area contributed by atoms with Gasteiger partial charge in [-0.2, -0.15) is 0 Å². The molecular weight excluding hydrogens is 244 g/mol. The third-order valence-corrected chi connectivity index (χ3v) is 3.45. The monoisotopic (exact) mass is 268 g/mol. The average molecular weight is 268 g/mol. The summed E-state index contributed by atoms with van der Waals surface area (Å²) in [6, 6.07) is 19.4. The van der Waals surface area contributed by atoms with Crippen LogP contribution >= 0.6 is 0 Å². The van der Waals surface area contributed by atoms with Crippen LogP contribution in [0.5, 0.6) is 0 Å². The first-order chi connectivity index (χ1) is 9.78. The number of nitrogens with two attached hydrogens (primary N) is 1. The van der Waals surface area contributed by atoms with Crippen molar-refractivity contribution in [2.45, 2.75) is 26.4 Å². The molecule has 2 rings (SSSR count). The molecule has 2 nitrogen and oxygen atoms in total. The van der Waals surface area contributed by atoms with Crippen molar-refractivity contribution in [3.8, 4) is 0 Å². The quantitative estimate of drug-likeness (QED) is 0.834. The van der Waals surface area contributed by atoms with E-state index in [-0.39, 0.29) is 0 Å². The van der Waals surface area contributed by atoms with Gasteiger partial charge in [0.05, 0.1) is 0 Å². The van der Waals surface area contributed by atoms with Crippen molar-refractivity contribution in [3.63, 3.8) is 0 Å². The van der Waals surface area contributed by atoms with Gasteiger partial charge in [0.25, 0.3) is 0 Å². The second-order valence-electron chi connectivity index (χ2n) is 5.32. The van der Waals surface area contributed by atoms with Gasteiger partial charge in [0, 0.05) is 19.6 Å². The summed E-state index contributed by atoms with van der Waals surface area (Å²) in [5.74, 6) is 0. The van der Waals surface area contributed by atoms with Gasteiger partial charge in [0.2, 0.25) is 0 Å². The van der Waals surface area contributed by atoms with Crippen LogP contribution in [0, 0.1) is 6.92 Å². The van der Waals surface area contributed by atoms with Gasteiger partial charge in [0.1, 0.15) is 0 Å². The summed E-state index contributed by atoms with van der Waals surface area (Å²) < 4.78 is 0. The van der Waals surface area contributed by atoms with E-state index >= 15 is 0 Å². The largest absolute Gasteiger partial charge is 0.330 e. The summed E-state index contributed by atoms with van der Waals surface area (Å²) >= 11 is 0. The lowest BCUT2D eigenvalue weighted by atomic mass is 10.1. The Morgan fingerprint density at radius 1 is 0.850 bits per heavy atom. The lowest BCUT2D eigenvalue weighted by Crippen LogP contribution is -2.25. The number of aryl methyl sites for hydroxylation is 1. The Kier molecular flexibility index (Phi) is 5.78. The van der Waals surface area contributed by atoms with Crippen molar-refractivity contribution in [1.29, 1.82) is 0 Å². The lowest BCUT2D eigenvalue weighted by molar-refractivity contribution is 0.255. The second kappa shape index (κ2) is 7.83. The molecule has 0 spiro atoms. The van der Waals surface area contributed by atoms with Crippen LogP contribution in [0.15, 0.2) is 54.6 Å². The van der Waals surface area contributed by atoms with Gasteiger partial charge in [-0.15, -0.1) is 0 Å². The smallest absolute Gasteiger partial charge is 0.0237 e. The fraction of sp³-hybridized carbons (Fsp3) is 0.333. The predicted octanol–water partition coefficient (Wildman–Crippen LogP) is 3.35. The molecule has 0 radical (unpaired) electrons. The number of hydrogen-bond acceptors (Lipinski definition) is 2. The highest BCUT2D eigenvalue weighted by Gasteiger charge is 2.06. The first kappa shape index (κ1) is 14.8. The zero-order valence-corrected chi connectivity index (χ0v) is 12.3. The summed E-state index contributed by atoms with van der Waals surface area (Å²) in [7, 11) is 0. The van der Waals surface area contributed by atoms with Crippen molar-refractivity contribution in [3.05, 3.63) is 71.3 Å². The van der Waals surface area contributed by atoms with E-state index in [1.807, 2.05) is 0 Å². The summed E-state index contributed by atoms with van der Waals surface area (Å²) in [5.41, 5.74) is 9.69. The van der Waals surface area contributed by atoms with Crippen molar-refractivity contribution >= 4 is 0 Å². The predicted molar refractivity (Wildman–Crippen MR) is 85.4 cm³/mol. The maximum Gasteiger partial charge on any atom is 0.0237 e. The highest BCUT2D eigenvalue weighted by Crippen LogP contribution is 2.11. The summed E-state index contributed by atoms with van der Waals surface area (Å²) in [6.45, 7) is 5.88. The summed E-state index contributed by atoms with van der Waals surface area (Å²) in [5, 5.41) is 0. The molecule has 0 saturated carbocycles. The van der Waals surface area contributed by atoms with Crippen LogP contribution in [0.3, 0.4) is 0 Å². The molecule has 20 heavy (non-hydrogen) atoms. The van der Waals surface area contributed by atoms with Crippen molar-refractivity contribution < 1.29 is 0 Å². The Morgan fingerprint density at radius 2 is 1.45 bits per heavy atom. The minimum atomic E-state index is 0.749. The standard InChI is InChI=1S/C18H24N2/c1-16-8-10-18(11-9-16)15-20(13-5-12-19)14-17-6-3-2-4-7-17/h2-4,6-11H,5,12-15,19H2,1H3. The fourth-order valence-electron chi connectivity index (χ4n) is 2.32. The van der Waals surface area contributed by atoms with Crippen LogP contribution in [0.2, 0.25) is 0 Å². The zero-order chi connectivity index (χ0) is 14.2. The molecule has 0 saturated heterocycles. The first-order valence-corrected chi connectivity index (χ1v) is 7.30. The van der Waals surface area contributed by atoms with Crippen LogP contribution in [0.4, 0.5) is 0 Å². The molecule has 2 heteroatoms. The molecule has 0 atom stereocenters. The Labute approximate surface area is 122 Å².